The van der Waals surface area contributed by atoms with Crippen LogP contribution < -0.4 is 0 Å². The van der Waals surface area contributed by atoms with E-state index in [1.807, 2.05) is 12.1 Å². The Balaban J connectivity index is 2.30. The predicted octanol–water partition coefficient (Wildman–Crippen LogP) is 2.94. The molecule has 0 unspecified atom stereocenters. The molecular weight excluding hydrogens is 235 g/mol. The van der Waals surface area contributed by atoms with E-state index in [0.29, 0.717) is 4.82 Å². The average Bonchev–Trinajstić information content (AvgIpc) is 2.30. The molecule has 0 nitrogen and oxygen atoms in total. The fraction of sp³-hybridized carbons (Fsp3) is 0.0769. The van der Waals surface area contributed by atoms with Gasteiger partial charge in [0.2, 0.25) is 0 Å². The van der Waals surface area contributed by atoms with Gasteiger partial charge in [-0.25, -0.2) is 0 Å². The molecule has 0 bridgehead atoms. The molecule has 0 aromatic heterocycles. The molecule has 0 saturated carbocycles. The molecule has 0 heterocycles. The molecule has 0 atom stereocenters. The van der Waals surface area contributed by atoms with Gasteiger partial charge < -0.3 is 0 Å². The van der Waals surface area contributed by atoms with Gasteiger partial charge in [0.1, 0.15) is 0 Å². The Morgan fingerprint density at radius 1 is 0.643 bits per heavy atom. The van der Waals surface area contributed by atoms with Crippen LogP contribution in [0.4, 0.5) is 0 Å². The third-order valence-corrected chi connectivity index (χ3v) is 3.35. The van der Waals surface area contributed by atoms with Crippen LogP contribution in [0.2, 0.25) is 0 Å². The van der Waals surface area contributed by atoms with Gasteiger partial charge in [0.05, 0.1) is 0 Å². The summed E-state index contributed by atoms with van der Waals surface area (Å²) >= 11 is 3.21. The van der Waals surface area contributed by atoms with Gasteiger partial charge in [-0.05, 0) is 0 Å². The van der Waals surface area contributed by atoms with E-state index in [1.54, 1.807) is 0 Å². The number of rotatable bonds is 2. The molecule has 0 saturated heterocycles. The van der Waals surface area contributed by atoms with Crippen LogP contribution in [0.1, 0.15) is 15.9 Å². The van der Waals surface area contributed by atoms with Crippen molar-refractivity contribution in [3.8, 4) is 0 Å². The first kappa shape index (κ1) is 9.51. The van der Waals surface area contributed by atoms with Gasteiger partial charge in [-0.1, -0.05) is 0 Å². The second-order valence-electron chi connectivity index (χ2n) is 3.20. The van der Waals surface area contributed by atoms with Crippen LogP contribution in [0.25, 0.3) is 0 Å². The van der Waals surface area contributed by atoms with Crippen molar-refractivity contribution in [2.24, 2.45) is 0 Å². The van der Waals surface area contributed by atoms with Crippen molar-refractivity contribution in [1.29, 1.82) is 0 Å². The third kappa shape index (κ3) is 2.06. The van der Waals surface area contributed by atoms with Crippen molar-refractivity contribution in [2.75, 3.05) is 0 Å². The molecule has 0 aliphatic heterocycles. The van der Waals surface area contributed by atoms with Crippen LogP contribution in [0.5, 0.6) is 0 Å². The van der Waals surface area contributed by atoms with Crippen molar-refractivity contribution < 1.29 is 0 Å². The van der Waals surface area contributed by atoms with E-state index in [9.17, 15) is 0 Å². The fourth-order valence-corrected chi connectivity index (χ4v) is 2.11. The SMILES string of the molecule is [Se]C(c1ccccc1)c1ccccc1. The zero-order valence-corrected chi connectivity index (χ0v) is 9.47. The second-order valence-corrected chi connectivity index (χ2v) is 4.19. The Hall–Kier alpha value is -1.04. The van der Waals surface area contributed by atoms with E-state index in [1.165, 1.54) is 11.1 Å². The van der Waals surface area contributed by atoms with Gasteiger partial charge >= 0.3 is 92.6 Å². The fourth-order valence-electron chi connectivity index (χ4n) is 1.45. The molecule has 14 heavy (non-hydrogen) atoms. The summed E-state index contributed by atoms with van der Waals surface area (Å²) in [7, 11) is 0. The number of hydrogen-bond donors (Lipinski definition) is 0. The van der Waals surface area contributed by atoms with E-state index in [4.69, 9.17) is 0 Å². The van der Waals surface area contributed by atoms with E-state index < -0.39 is 0 Å². The van der Waals surface area contributed by atoms with Gasteiger partial charge in [0.25, 0.3) is 0 Å². The van der Waals surface area contributed by atoms with Gasteiger partial charge in [-0.3, -0.25) is 0 Å². The molecule has 0 amide bonds. The summed E-state index contributed by atoms with van der Waals surface area (Å²) in [6.45, 7) is 0. The summed E-state index contributed by atoms with van der Waals surface area (Å²) in [5.41, 5.74) is 2.64. The monoisotopic (exact) mass is 247 g/mol. The van der Waals surface area contributed by atoms with Gasteiger partial charge in [0.15, 0.2) is 0 Å². The molecule has 0 aliphatic carbocycles. The molecule has 2 aromatic rings. The average molecular weight is 246 g/mol. The first-order chi connectivity index (χ1) is 6.88. The first-order valence-corrected chi connectivity index (χ1v) is 5.62. The minimum atomic E-state index is 0.359. The zero-order valence-electron chi connectivity index (χ0n) is 7.76. The van der Waals surface area contributed by atoms with Crippen LogP contribution in [-0.4, -0.2) is 16.0 Å². The quantitative estimate of drug-likeness (QED) is 0.715. The Bertz CT molecular complexity index is 341. The second kappa shape index (κ2) is 4.45. The van der Waals surface area contributed by atoms with Gasteiger partial charge in [-0.15, -0.1) is 0 Å². The topological polar surface area (TPSA) is 0 Å². The van der Waals surface area contributed by atoms with Crippen molar-refractivity contribution in [1.82, 2.24) is 0 Å². The molecule has 0 aliphatic rings. The summed E-state index contributed by atoms with van der Waals surface area (Å²) in [6, 6.07) is 21.0. The van der Waals surface area contributed by atoms with Crippen LogP contribution in [0, 0.1) is 0 Å². The molecular formula is C13H11Se. The van der Waals surface area contributed by atoms with Crippen molar-refractivity contribution in [2.45, 2.75) is 4.82 Å². The van der Waals surface area contributed by atoms with Gasteiger partial charge in [-0.2, -0.15) is 0 Å². The maximum atomic E-state index is 3.21. The van der Waals surface area contributed by atoms with E-state index in [2.05, 4.69) is 64.5 Å². The molecule has 0 fully saturated rings. The standard InChI is InChI=1S/C13H11Se/c14-13(11-7-3-1-4-8-11)12-9-5-2-6-10-12/h1-10,13H. The van der Waals surface area contributed by atoms with E-state index >= 15 is 0 Å². The number of benzene rings is 2. The molecule has 69 valence electrons. The maximum absolute atomic E-state index is 3.21. The first-order valence-electron chi connectivity index (χ1n) is 4.63. The summed E-state index contributed by atoms with van der Waals surface area (Å²) in [5.74, 6) is 0. The van der Waals surface area contributed by atoms with Crippen molar-refractivity contribution in [3.05, 3.63) is 71.8 Å². The predicted molar refractivity (Wildman–Crippen MR) is 60.5 cm³/mol. The molecule has 0 N–H and O–H groups in total. The normalized spacial score (nSPS) is 10.4. The summed E-state index contributed by atoms with van der Waals surface area (Å²) in [6.07, 6.45) is 0. The summed E-state index contributed by atoms with van der Waals surface area (Å²) in [4.78, 5) is 0.359. The van der Waals surface area contributed by atoms with Crippen LogP contribution in [0.15, 0.2) is 60.7 Å². The van der Waals surface area contributed by atoms with Crippen LogP contribution >= 0.6 is 0 Å². The minimum absolute atomic E-state index is 0.359. The van der Waals surface area contributed by atoms with Crippen LogP contribution in [-0.2, 0) is 0 Å². The van der Waals surface area contributed by atoms with Crippen molar-refractivity contribution in [3.63, 3.8) is 0 Å². The van der Waals surface area contributed by atoms with E-state index in [-0.39, 0.29) is 0 Å². The summed E-state index contributed by atoms with van der Waals surface area (Å²) in [5, 5.41) is 0. The Kier molecular flexibility index (Phi) is 3.03. The van der Waals surface area contributed by atoms with Gasteiger partial charge in [0, 0.05) is 0 Å². The molecule has 0 spiro atoms. The van der Waals surface area contributed by atoms with Crippen molar-refractivity contribution >= 4 is 16.0 Å². The Labute approximate surface area is 92.8 Å². The third-order valence-electron chi connectivity index (χ3n) is 2.20. The Morgan fingerprint density at radius 3 is 1.36 bits per heavy atom. The number of hydrogen-bond acceptors (Lipinski definition) is 0. The molecule has 2 aromatic carbocycles. The summed E-state index contributed by atoms with van der Waals surface area (Å²) < 4.78 is 0. The zero-order chi connectivity index (χ0) is 9.80. The molecule has 2 rings (SSSR count). The molecule has 1 radical (unpaired) electrons. The van der Waals surface area contributed by atoms with Crippen LogP contribution in [0.3, 0.4) is 0 Å². The Morgan fingerprint density at radius 2 is 1.00 bits per heavy atom. The molecule has 1 heteroatoms. The van der Waals surface area contributed by atoms with E-state index in [0.717, 1.165) is 0 Å².